The number of hydrogen-bond donors (Lipinski definition) is 0. The van der Waals surface area contributed by atoms with Crippen molar-refractivity contribution in [2.75, 3.05) is 27.3 Å². The van der Waals surface area contributed by atoms with Crippen LogP contribution in [0.2, 0.25) is 0 Å². The van der Waals surface area contributed by atoms with Gasteiger partial charge in [-0.25, -0.2) is 4.79 Å². The number of ketones is 1. The molecule has 8 nitrogen and oxygen atoms in total. The van der Waals surface area contributed by atoms with Gasteiger partial charge in [-0.05, 0) is 13.0 Å². The van der Waals surface area contributed by atoms with Crippen LogP contribution in [-0.2, 0) is 19.1 Å². The molecule has 0 aromatic carbocycles. The van der Waals surface area contributed by atoms with Gasteiger partial charge in [0.1, 0.15) is 0 Å². The summed E-state index contributed by atoms with van der Waals surface area (Å²) < 4.78 is 9.68. The van der Waals surface area contributed by atoms with Crippen molar-refractivity contribution < 1.29 is 24.0 Å². The highest BCUT2D eigenvalue weighted by molar-refractivity contribution is 6.12. The Hall–Kier alpha value is -2.64. The predicted molar refractivity (Wildman–Crippen MR) is 75.3 cm³/mol. The van der Waals surface area contributed by atoms with Crippen LogP contribution in [-0.4, -0.2) is 54.9 Å². The topological polar surface area (TPSA) is 99.0 Å². The number of Topliss-reactive ketones (excluding diaryl/α,β-unsaturated/α-hetero) is 1. The summed E-state index contributed by atoms with van der Waals surface area (Å²) in [5, 5.41) is 11.2. The summed E-state index contributed by atoms with van der Waals surface area (Å²) >= 11 is 0. The molecule has 0 aromatic rings. The first-order chi connectivity index (χ1) is 10.4. The lowest BCUT2D eigenvalue weighted by atomic mass is 9.84. The van der Waals surface area contributed by atoms with Crippen LogP contribution in [0.1, 0.15) is 6.92 Å². The Labute approximate surface area is 126 Å². The maximum absolute atomic E-state index is 12.5. The molecule has 2 aliphatic rings. The molecule has 1 heterocycles. The molecule has 1 aliphatic heterocycles. The van der Waals surface area contributed by atoms with Crippen molar-refractivity contribution in [2.45, 2.75) is 13.0 Å². The molecular weight excluding hydrogens is 292 g/mol. The molecule has 1 unspecified atom stereocenters. The van der Waals surface area contributed by atoms with E-state index >= 15 is 0 Å². The lowest BCUT2D eigenvalue weighted by molar-refractivity contribution is -0.501. The fourth-order valence-electron chi connectivity index (χ4n) is 2.52. The zero-order chi connectivity index (χ0) is 16.4. The second-order valence-electron chi connectivity index (χ2n) is 4.80. The van der Waals surface area contributed by atoms with Gasteiger partial charge in [-0.1, -0.05) is 0 Å². The number of nitro groups is 1. The van der Waals surface area contributed by atoms with Crippen molar-refractivity contribution in [3.8, 4) is 0 Å². The van der Waals surface area contributed by atoms with E-state index in [-0.39, 0.29) is 23.5 Å². The van der Waals surface area contributed by atoms with Crippen LogP contribution in [0.25, 0.3) is 0 Å². The Balaban J connectivity index is 2.65. The quantitative estimate of drug-likeness (QED) is 0.422. The predicted octanol–water partition coefficient (Wildman–Crippen LogP) is 0.434. The largest absolute Gasteiger partial charge is 0.493 e. The van der Waals surface area contributed by atoms with E-state index in [2.05, 4.69) is 0 Å². The van der Waals surface area contributed by atoms with Gasteiger partial charge in [-0.3, -0.25) is 14.9 Å². The normalized spacial score (nSPS) is 21.0. The number of likely N-dealkylation sites (N-methyl/N-ethyl adjacent to an activating group) is 1. The Morgan fingerprint density at radius 3 is 2.68 bits per heavy atom. The molecule has 8 heteroatoms. The summed E-state index contributed by atoms with van der Waals surface area (Å²) in [6.45, 7) is 2.68. The zero-order valence-electron chi connectivity index (χ0n) is 12.5. The first-order valence-corrected chi connectivity index (χ1v) is 6.65. The maximum Gasteiger partial charge on any atom is 0.336 e. The molecule has 22 heavy (non-hydrogen) atoms. The van der Waals surface area contributed by atoms with Crippen molar-refractivity contribution in [3.63, 3.8) is 0 Å². The molecule has 1 atom stereocenters. The summed E-state index contributed by atoms with van der Waals surface area (Å²) in [6.07, 6.45) is 3.11. The maximum atomic E-state index is 12.5. The Morgan fingerprint density at radius 1 is 1.50 bits per heavy atom. The van der Waals surface area contributed by atoms with E-state index in [0.717, 1.165) is 0 Å². The first kappa shape index (κ1) is 15.7. The van der Waals surface area contributed by atoms with Crippen molar-refractivity contribution in [1.29, 1.82) is 0 Å². The van der Waals surface area contributed by atoms with E-state index in [0.29, 0.717) is 12.1 Å². The van der Waals surface area contributed by atoms with Gasteiger partial charge < -0.3 is 14.4 Å². The SMILES string of the molecule is CCN1C=C2C=C(OC)C([N+](=O)[O-])C(=O)C2=C(C(=O)OC)C1. The molecule has 1 aliphatic carbocycles. The van der Waals surface area contributed by atoms with Gasteiger partial charge in [0.25, 0.3) is 0 Å². The van der Waals surface area contributed by atoms with E-state index in [1.807, 2.05) is 11.8 Å². The second-order valence-corrected chi connectivity index (χ2v) is 4.80. The molecule has 0 fully saturated rings. The summed E-state index contributed by atoms with van der Waals surface area (Å²) in [4.78, 5) is 36.7. The highest BCUT2D eigenvalue weighted by Gasteiger charge is 2.45. The molecule has 2 rings (SSSR count). The lowest BCUT2D eigenvalue weighted by Crippen LogP contribution is -2.41. The minimum Gasteiger partial charge on any atom is -0.493 e. The number of rotatable bonds is 4. The molecule has 0 spiro atoms. The van der Waals surface area contributed by atoms with E-state index in [1.165, 1.54) is 20.3 Å². The third-order valence-electron chi connectivity index (χ3n) is 3.62. The van der Waals surface area contributed by atoms with Crippen LogP contribution >= 0.6 is 0 Å². The van der Waals surface area contributed by atoms with E-state index < -0.39 is 22.7 Å². The summed E-state index contributed by atoms with van der Waals surface area (Å²) in [7, 11) is 2.48. The van der Waals surface area contributed by atoms with Gasteiger partial charge in [0.2, 0.25) is 5.78 Å². The summed E-state index contributed by atoms with van der Waals surface area (Å²) in [6, 6.07) is -1.63. The number of carbonyl (C=O) groups is 2. The van der Waals surface area contributed by atoms with Crippen LogP contribution < -0.4 is 0 Å². The molecule has 0 N–H and O–H groups in total. The molecule has 118 valence electrons. The highest BCUT2D eigenvalue weighted by Crippen LogP contribution is 2.33. The molecule has 0 saturated carbocycles. The van der Waals surface area contributed by atoms with Gasteiger partial charge in [0.15, 0.2) is 5.76 Å². The number of ether oxygens (including phenoxy) is 2. The molecule has 0 saturated heterocycles. The average Bonchev–Trinajstić information content (AvgIpc) is 2.51. The molecule has 0 amide bonds. The van der Waals surface area contributed by atoms with Crippen LogP contribution in [0.5, 0.6) is 0 Å². The number of esters is 1. The fourth-order valence-corrected chi connectivity index (χ4v) is 2.52. The highest BCUT2D eigenvalue weighted by atomic mass is 16.6. The standard InChI is InChI=1S/C14H16N2O6/c1-4-15-6-8-5-10(21-2)12(16(19)20)13(17)11(8)9(7-15)14(18)22-3/h5-6,12H,4,7H2,1-3H3. The van der Waals surface area contributed by atoms with Gasteiger partial charge in [-0.15, -0.1) is 0 Å². The average molecular weight is 308 g/mol. The number of nitrogens with zero attached hydrogens (tertiary/aromatic N) is 2. The third-order valence-corrected chi connectivity index (χ3v) is 3.62. The Morgan fingerprint density at radius 2 is 2.18 bits per heavy atom. The minimum atomic E-state index is -1.63. The van der Waals surface area contributed by atoms with Crippen LogP contribution in [0.4, 0.5) is 0 Å². The van der Waals surface area contributed by atoms with Crippen molar-refractivity contribution in [2.24, 2.45) is 0 Å². The van der Waals surface area contributed by atoms with Gasteiger partial charge >= 0.3 is 12.0 Å². The smallest absolute Gasteiger partial charge is 0.336 e. The van der Waals surface area contributed by atoms with Gasteiger partial charge in [0, 0.05) is 28.8 Å². The van der Waals surface area contributed by atoms with E-state index in [9.17, 15) is 19.7 Å². The van der Waals surface area contributed by atoms with E-state index in [4.69, 9.17) is 9.47 Å². The first-order valence-electron chi connectivity index (χ1n) is 6.65. The van der Waals surface area contributed by atoms with Crippen molar-refractivity contribution >= 4 is 11.8 Å². The van der Waals surface area contributed by atoms with Gasteiger partial charge in [0.05, 0.1) is 26.3 Å². The Bertz CT molecular complexity index is 631. The number of fused-ring (bicyclic) bond motifs is 1. The zero-order valence-corrected chi connectivity index (χ0v) is 12.5. The fraction of sp³-hybridized carbons (Fsp3) is 0.429. The Kier molecular flexibility index (Phi) is 4.30. The van der Waals surface area contributed by atoms with Crippen LogP contribution in [0.15, 0.2) is 34.8 Å². The molecule has 0 aromatic heterocycles. The number of allylic oxidation sites excluding steroid dienone is 2. The van der Waals surface area contributed by atoms with Crippen molar-refractivity contribution in [3.05, 3.63) is 44.9 Å². The minimum absolute atomic E-state index is 0.0408. The van der Waals surface area contributed by atoms with Crippen molar-refractivity contribution in [1.82, 2.24) is 4.90 Å². The van der Waals surface area contributed by atoms with Crippen LogP contribution in [0.3, 0.4) is 0 Å². The number of carbonyl (C=O) groups excluding carboxylic acids is 2. The summed E-state index contributed by atoms with van der Waals surface area (Å²) in [5.74, 6) is -1.47. The number of methoxy groups -OCH3 is 2. The lowest BCUT2D eigenvalue weighted by Gasteiger charge is -2.30. The second kappa shape index (κ2) is 6.00. The monoisotopic (exact) mass is 308 g/mol. The van der Waals surface area contributed by atoms with Gasteiger partial charge in [-0.2, -0.15) is 0 Å². The van der Waals surface area contributed by atoms with E-state index in [1.54, 1.807) is 6.20 Å². The molecule has 0 bridgehead atoms. The molecular formula is C14H16N2O6. The van der Waals surface area contributed by atoms with Crippen LogP contribution in [0, 0.1) is 10.1 Å². The summed E-state index contributed by atoms with van der Waals surface area (Å²) in [5.41, 5.74) is 0.595. The number of hydrogen-bond acceptors (Lipinski definition) is 7. The molecule has 0 radical (unpaired) electrons. The third kappa shape index (κ3) is 2.47.